The summed E-state index contributed by atoms with van der Waals surface area (Å²) in [6.45, 7) is 6.46. The molecular weight excluding hydrogens is 272 g/mol. The first-order valence-electron chi connectivity index (χ1n) is 7.10. The van der Waals surface area contributed by atoms with Gasteiger partial charge in [0.1, 0.15) is 5.82 Å². The highest BCUT2D eigenvalue weighted by atomic mass is 16.5. The maximum absolute atomic E-state index is 11.1. The minimum Gasteiger partial charge on any atom is -0.478 e. The molecule has 21 heavy (non-hydrogen) atoms. The molecule has 0 bridgehead atoms. The second kappa shape index (κ2) is 9.31. The maximum Gasteiger partial charge on any atom is 0.335 e. The molecule has 0 aliphatic heterocycles. The van der Waals surface area contributed by atoms with Gasteiger partial charge in [0.15, 0.2) is 0 Å². The van der Waals surface area contributed by atoms with Gasteiger partial charge in [0.25, 0.3) is 0 Å². The van der Waals surface area contributed by atoms with Crippen LogP contribution in [-0.2, 0) is 9.47 Å². The topological polar surface area (TPSA) is 80.7 Å². The summed E-state index contributed by atoms with van der Waals surface area (Å²) in [6.07, 6.45) is 0.819. The van der Waals surface area contributed by atoms with Gasteiger partial charge >= 0.3 is 5.97 Å². The average Bonchev–Trinajstić information content (AvgIpc) is 2.46. The van der Waals surface area contributed by atoms with Gasteiger partial charge in [-0.05, 0) is 24.5 Å². The molecule has 0 amide bonds. The smallest absolute Gasteiger partial charge is 0.335 e. The summed E-state index contributed by atoms with van der Waals surface area (Å²) in [5.74, 6) is -0.164. The first-order valence-corrected chi connectivity index (χ1v) is 7.10. The van der Waals surface area contributed by atoms with Gasteiger partial charge in [-0.25, -0.2) is 9.78 Å². The Hall–Kier alpha value is -1.66. The zero-order valence-corrected chi connectivity index (χ0v) is 12.9. The van der Waals surface area contributed by atoms with Crippen molar-refractivity contribution in [3.63, 3.8) is 0 Å². The lowest BCUT2D eigenvalue weighted by molar-refractivity contribution is 0.0696. The number of carboxylic acids is 1. The number of methoxy groups -OCH3 is 1. The normalized spacial score (nSPS) is 10.9. The monoisotopic (exact) mass is 296 g/mol. The van der Waals surface area contributed by atoms with Crippen molar-refractivity contribution in [2.45, 2.75) is 26.2 Å². The van der Waals surface area contributed by atoms with E-state index in [-0.39, 0.29) is 11.5 Å². The number of carbonyl (C=O) groups is 1. The van der Waals surface area contributed by atoms with E-state index in [0.717, 1.165) is 12.1 Å². The molecule has 1 aromatic rings. The van der Waals surface area contributed by atoms with Crippen LogP contribution < -0.4 is 5.32 Å². The molecule has 1 aromatic heterocycles. The van der Waals surface area contributed by atoms with E-state index >= 15 is 0 Å². The number of ether oxygens (including phenoxy) is 2. The predicted molar refractivity (Wildman–Crippen MR) is 81.1 cm³/mol. The molecule has 2 N–H and O–H groups in total. The molecular formula is C15H24N2O4. The summed E-state index contributed by atoms with van der Waals surface area (Å²) < 4.78 is 10.2. The fourth-order valence-electron chi connectivity index (χ4n) is 1.70. The fraction of sp³-hybridized carbons (Fsp3) is 0.600. The van der Waals surface area contributed by atoms with Gasteiger partial charge in [-0.15, -0.1) is 0 Å². The van der Waals surface area contributed by atoms with E-state index in [0.29, 0.717) is 32.2 Å². The Morgan fingerprint density at radius 3 is 2.71 bits per heavy atom. The van der Waals surface area contributed by atoms with Crippen molar-refractivity contribution in [1.82, 2.24) is 4.98 Å². The number of rotatable bonds is 10. The third kappa shape index (κ3) is 6.55. The number of carboxylic acid groups (broad SMARTS) is 1. The lowest BCUT2D eigenvalue weighted by Crippen LogP contribution is -2.11. The van der Waals surface area contributed by atoms with Crippen LogP contribution in [0.3, 0.4) is 0 Å². The van der Waals surface area contributed by atoms with Gasteiger partial charge < -0.3 is 19.9 Å². The standard InChI is InChI=1S/C15H24N2O4/c1-11(2)13-9-12(15(18)19)10-14(17-13)16-5-4-6-21-8-7-20-3/h9-11H,4-8H2,1-3H3,(H,16,17)(H,18,19). The number of hydrogen-bond acceptors (Lipinski definition) is 5. The third-order valence-electron chi connectivity index (χ3n) is 2.89. The summed E-state index contributed by atoms with van der Waals surface area (Å²) >= 11 is 0. The van der Waals surface area contributed by atoms with Crippen LogP contribution in [0.25, 0.3) is 0 Å². The van der Waals surface area contributed by atoms with E-state index in [1.807, 2.05) is 13.8 Å². The molecule has 0 unspecified atom stereocenters. The Morgan fingerprint density at radius 2 is 2.10 bits per heavy atom. The van der Waals surface area contributed by atoms with Gasteiger partial charge in [-0.2, -0.15) is 0 Å². The van der Waals surface area contributed by atoms with Crippen molar-refractivity contribution >= 4 is 11.8 Å². The van der Waals surface area contributed by atoms with Crippen LogP contribution in [0.2, 0.25) is 0 Å². The number of pyridine rings is 1. The molecule has 0 radical (unpaired) electrons. The van der Waals surface area contributed by atoms with Crippen molar-refractivity contribution in [1.29, 1.82) is 0 Å². The summed E-state index contributed by atoms with van der Waals surface area (Å²) in [7, 11) is 1.64. The van der Waals surface area contributed by atoms with Gasteiger partial charge in [0, 0.05) is 26.0 Å². The Labute approximate surface area is 125 Å². The molecule has 0 aromatic carbocycles. The van der Waals surface area contributed by atoms with Crippen LogP contribution in [-0.4, -0.2) is 49.5 Å². The lowest BCUT2D eigenvalue weighted by atomic mass is 10.1. The Morgan fingerprint density at radius 1 is 1.33 bits per heavy atom. The fourth-order valence-corrected chi connectivity index (χ4v) is 1.70. The van der Waals surface area contributed by atoms with Crippen LogP contribution in [0.15, 0.2) is 12.1 Å². The molecule has 0 fully saturated rings. The molecule has 6 heteroatoms. The SMILES string of the molecule is COCCOCCCNc1cc(C(=O)O)cc(C(C)C)n1. The third-order valence-corrected chi connectivity index (χ3v) is 2.89. The molecule has 0 atom stereocenters. The van der Waals surface area contributed by atoms with Crippen LogP contribution in [0.4, 0.5) is 5.82 Å². The number of nitrogens with zero attached hydrogens (tertiary/aromatic N) is 1. The van der Waals surface area contributed by atoms with Crippen molar-refractivity contribution < 1.29 is 19.4 Å². The number of aromatic carboxylic acids is 1. The minimum atomic E-state index is -0.940. The molecule has 0 saturated carbocycles. The van der Waals surface area contributed by atoms with Crippen molar-refractivity contribution in [3.05, 3.63) is 23.4 Å². The second-order valence-electron chi connectivity index (χ2n) is 5.01. The predicted octanol–water partition coefficient (Wildman–Crippen LogP) is 2.37. The van der Waals surface area contributed by atoms with E-state index in [4.69, 9.17) is 14.6 Å². The highest BCUT2D eigenvalue weighted by Gasteiger charge is 2.10. The number of nitrogens with one attached hydrogen (secondary N) is 1. The first kappa shape index (κ1) is 17.4. The van der Waals surface area contributed by atoms with Gasteiger partial charge in [-0.3, -0.25) is 0 Å². The Balaban J connectivity index is 2.48. The highest BCUT2D eigenvalue weighted by molar-refractivity contribution is 5.88. The summed E-state index contributed by atoms with van der Waals surface area (Å²) in [5.41, 5.74) is 1.03. The molecule has 118 valence electrons. The van der Waals surface area contributed by atoms with Crippen LogP contribution in [0, 0.1) is 0 Å². The van der Waals surface area contributed by atoms with E-state index in [1.165, 1.54) is 0 Å². The zero-order valence-electron chi connectivity index (χ0n) is 12.9. The maximum atomic E-state index is 11.1. The molecule has 0 spiro atoms. The van der Waals surface area contributed by atoms with Crippen LogP contribution >= 0.6 is 0 Å². The summed E-state index contributed by atoms with van der Waals surface area (Å²) in [6, 6.07) is 3.17. The van der Waals surface area contributed by atoms with E-state index in [9.17, 15) is 4.79 Å². The van der Waals surface area contributed by atoms with Gasteiger partial charge in [0.2, 0.25) is 0 Å². The lowest BCUT2D eigenvalue weighted by Gasteiger charge is -2.11. The second-order valence-corrected chi connectivity index (χ2v) is 5.01. The van der Waals surface area contributed by atoms with E-state index in [2.05, 4.69) is 10.3 Å². The average molecular weight is 296 g/mol. The van der Waals surface area contributed by atoms with Crippen LogP contribution in [0.5, 0.6) is 0 Å². The van der Waals surface area contributed by atoms with Crippen molar-refractivity contribution in [2.75, 3.05) is 38.8 Å². The summed E-state index contributed by atoms with van der Waals surface area (Å²) in [4.78, 5) is 15.5. The summed E-state index contributed by atoms with van der Waals surface area (Å²) in [5, 5.41) is 12.3. The largest absolute Gasteiger partial charge is 0.478 e. The quantitative estimate of drug-likeness (QED) is 0.645. The number of hydrogen-bond donors (Lipinski definition) is 2. The van der Waals surface area contributed by atoms with E-state index < -0.39 is 5.97 Å². The van der Waals surface area contributed by atoms with Gasteiger partial charge in [-0.1, -0.05) is 13.8 Å². The molecule has 0 saturated heterocycles. The molecule has 0 aliphatic rings. The van der Waals surface area contributed by atoms with Gasteiger partial charge in [0.05, 0.1) is 18.8 Å². The molecule has 6 nitrogen and oxygen atoms in total. The van der Waals surface area contributed by atoms with E-state index in [1.54, 1.807) is 19.2 Å². The first-order chi connectivity index (χ1) is 10.0. The number of aromatic nitrogens is 1. The van der Waals surface area contributed by atoms with Crippen molar-refractivity contribution in [2.24, 2.45) is 0 Å². The highest BCUT2D eigenvalue weighted by Crippen LogP contribution is 2.17. The molecule has 0 aliphatic carbocycles. The molecule has 1 heterocycles. The zero-order chi connectivity index (χ0) is 15.7. The minimum absolute atomic E-state index is 0.183. The Kier molecular flexibility index (Phi) is 7.71. The number of anilines is 1. The molecule has 1 rings (SSSR count). The Bertz CT molecular complexity index is 449. The van der Waals surface area contributed by atoms with Crippen LogP contribution in [0.1, 0.15) is 42.2 Å². The van der Waals surface area contributed by atoms with Crippen molar-refractivity contribution in [3.8, 4) is 0 Å².